The molecule has 2 atom stereocenters. The van der Waals surface area contributed by atoms with Crippen LogP contribution < -0.4 is 20.3 Å². The van der Waals surface area contributed by atoms with E-state index in [2.05, 4.69) is 31.0 Å². The Hall–Kier alpha value is -10.1. The summed E-state index contributed by atoms with van der Waals surface area (Å²) in [5, 5.41) is 88.3. The van der Waals surface area contributed by atoms with Gasteiger partial charge in [-0.2, -0.15) is 10.2 Å². The summed E-state index contributed by atoms with van der Waals surface area (Å²) < 4.78 is 12.0. The van der Waals surface area contributed by atoms with Crippen LogP contribution in [0.5, 0.6) is 57.5 Å². The van der Waals surface area contributed by atoms with Crippen molar-refractivity contribution in [2.24, 2.45) is 20.2 Å². The van der Waals surface area contributed by atoms with E-state index in [0.29, 0.717) is 45.1 Å². The van der Waals surface area contributed by atoms with Crippen molar-refractivity contribution in [1.29, 1.82) is 0 Å². The number of fused-ring (bicyclic) bond motifs is 2. The van der Waals surface area contributed by atoms with Crippen LogP contribution in [0.4, 0.5) is 11.4 Å². The van der Waals surface area contributed by atoms with E-state index in [0.717, 1.165) is 11.1 Å². The number of aliphatic imine (C=N–C) groups is 2. The molecule has 0 fully saturated rings. The number of hydrogen-bond donors (Lipinski definition) is 10. The van der Waals surface area contributed by atoms with Crippen LogP contribution in [0.2, 0.25) is 0 Å². The van der Waals surface area contributed by atoms with Crippen molar-refractivity contribution in [3.8, 4) is 57.5 Å². The van der Waals surface area contributed by atoms with Gasteiger partial charge in [-0.15, -0.1) is 0 Å². The Morgan fingerprint density at radius 3 is 1.17 bits per heavy atom. The first-order valence-corrected chi connectivity index (χ1v) is 23.4. The molecule has 10 N–H and O–H groups in total. The number of phenols is 8. The van der Waals surface area contributed by atoms with Crippen LogP contribution in [0.15, 0.2) is 190 Å². The van der Waals surface area contributed by atoms with Crippen molar-refractivity contribution in [3.05, 3.63) is 214 Å². The SMILES string of the molecule is O=C(N/N=C1\CC(c2ccc(O)cc2)Oc2cc(O)cc(O)c21)c1ccc(N=Cc2ccccc2O)cc1.O=C(N/N=C1\CC(c2ccc(O)cc2)Oc2cc(O)cc(O)c21)c1ccc(N=Cc2ccccc2O)cc1.[Ni]. The third-order valence-electron chi connectivity index (χ3n) is 12.0. The summed E-state index contributed by atoms with van der Waals surface area (Å²) in [6.07, 6.45) is 2.45. The van der Waals surface area contributed by atoms with Gasteiger partial charge in [0.25, 0.3) is 11.8 Å². The number of aromatic hydroxyl groups is 8. The monoisotopic (exact) mass is 1080 g/mol. The zero-order valence-electron chi connectivity index (χ0n) is 40.2. The van der Waals surface area contributed by atoms with Crippen molar-refractivity contribution in [2.75, 3.05) is 0 Å². The Bertz CT molecular complexity index is 3340. The molecule has 0 aliphatic carbocycles. The summed E-state index contributed by atoms with van der Waals surface area (Å²) in [4.78, 5) is 34.3. The normalized spacial score (nSPS) is 15.5. The van der Waals surface area contributed by atoms with Crippen LogP contribution >= 0.6 is 0 Å². The zero-order valence-corrected chi connectivity index (χ0v) is 41.2. The van der Waals surface area contributed by atoms with Gasteiger partial charge >= 0.3 is 0 Å². The van der Waals surface area contributed by atoms with Crippen molar-refractivity contribution in [1.82, 2.24) is 10.9 Å². The molecule has 18 nitrogen and oxygen atoms in total. The molecule has 390 valence electrons. The van der Waals surface area contributed by atoms with Gasteiger partial charge in [0.05, 0.1) is 33.9 Å². The number of carbonyl (C=O) groups excluding carboxylic acids is 2. The first kappa shape index (κ1) is 53.2. The second kappa shape index (κ2) is 23.8. The van der Waals surface area contributed by atoms with Gasteiger partial charge < -0.3 is 50.3 Å². The third-order valence-corrected chi connectivity index (χ3v) is 12.0. The van der Waals surface area contributed by atoms with Gasteiger partial charge in [0, 0.05) is 88.3 Å². The summed E-state index contributed by atoms with van der Waals surface area (Å²) in [7, 11) is 0. The molecular formula is C58H46N6NiO12. The number of nitrogens with zero attached hydrogens (tertiary/aromatic N) is 4. The molecule has 10 rings (SSSR count). The number of benzene rings is 8. The molecule has 19 heteroatoms. The second-order valence-corrected chi connectivity index (χ2v) is 17.2. The van der Waals surface area contributed by atoms with Gasteiger partial charge in [0.1, 0.15) is 69.7 Å². The summed E-state index contributed by atoms with van der Waals surface area (Å²) in [5.74, 6) is -0.881. The predicted octanol–water partition coefficient (Wildman–Crippen LogP) is 9.83. The average molecular weight is 1080 g/mol. The van der Waals surface area contributed by atoms with Gasteiger partial charge in [0.2, 0.25) is 0 Å². The van der Waals surface area contributed by atoms with Crippen molar-refractivity contribution in [3.63, 3.8) is 0 Å². The van der Waals surface area contributed by atoms with E-state index >= 15 is 0 Å². The van der Waals surface area contributed by atoms with Crippen molar-refractivity contribution in [2.45, 2.75) is 25.0 Å². The summed E-state index contributed by atoms with van der Waals surface area (Å²) >= 11 is 0. The van der Waals surface area contributed by atoms with Crippen molar-refractivity contribution >= 4 is 47.0 Å². The molecule has 8 aromatic rings. The van der Waals surface area contributed by atoms with E-state index in [1.165, 1.54) is 61.0 Å². The number of hydrazone groups is 2. The molecule has 8 aromatic carbocycles. The molecule has 2 aliphatic rings. The zero-order chi connectivity index (χ0) is 53.3. The maximum Gasteiger partial charge on any atom is 0.271 e. The fraction of sp³-hybridized carbons (Fsp3) is 0.0690. The quantitative estimate of drug-likeness (QED) is 0.0348. The number of ether oxygens (including phenoxy) is 2. The van der Waals surface area contributed by atoms with Crippen LogP contribution in [0.25, 0.3) is 0 Å². The number of para-hydroxylation sites is 2. The molecule has 2 heterocycles. The third kappa shape index (κ3) is 13.0. The fourth-order valence-corrected chi connectivity index (χ4v) is 8.08. The first-order valence-electron chi connectivity index (χ1n) is 23.4. The Morgan fingerprint density at radius 2 is 0.805 bits per heavy atom. The van der Waals surface area contributed by atoms with Crippen LogP contribution in [0, 0.1) is 0 Å². The van der Waals surface area contributed by atoms with Crippen LogP contribution in [0.1, 0.15) is 79.1 Å². The number of amides is 2. The minimum atomic E-state index is -0.527. The number of carbonyl (C=O) groups is 2. The maximum absolute atomic E-state index is 12.8. The van der Waals surface area contributed by atoms with Gasteiger partial charge in [-0.3, -0.25) is 19.6 Å². The topological polar surface area (TPSA) is 288 Å². The number of rotatable bonds is 10. The maximum atomic E-state index is 12.8. The molecule has 0 aromatic heterocycles. The number of hydrogen-bond acceptors (Lipinski definition) is 16. The largest absolute Gasteiger partial charge is 0.508 e. The minimum absolute atomic E-state index is 0. The predicted molar refractivity (Wildman–Crippen MR) is 283 cm³/mol. The van der Waals surface area contributed by atoms with Gasteiger partial charge in [-0.1, -0.05) is 48.5 Å². The van der Waals surface area contributed by atoms with E-state index in [9.17, 15) is 50.4 Å². The Labute approximate surface area is 449 Å². The molecule has 2 amide bonds. The molecule has 0 spiro atoms. The first-order chi connectivity index (χ1) is 36.7. The van der Waals surface area contributed by atoms with E-state index < -0.39 is 24.0 Å². The second-order valence-electron chi connectivity index (χ2n) is 17.2. The van der Waals surface area contributed by atoms with Gasteiger partial charge in [0.15, 0.2) is 0 Å². The van der Waals surface area contributed by atoms with Crippen molar-refractivity contribution < 1.29 is 76.4 Å². The number of nitrogens with one attached hydrogen (secondary N) is 2. The van der Waals surface area contributed by atoms with Gasteiger partial charge in [-0.25, -0.2) is 10.9 Å². The Morgan fingerprint density at radius 1 is 0.442 bits per heavy atom. The summed E-state index contributed by atoms with van der Waals surface area (Å²) in [6, 6.07) is 44.7. The molecule has 0 radical (unpaired) electrons. The van der Waals surface area contributed by atoms with E-state index in [1.54, 1.807) is 121 Å². The molecule has 77 heavy (non-hydrogen) atoms. The Balaban J connectivity index is 0.000000201. The number of phenolic OH excluding ortho intramolecular Hbond substituents is 8. The van der Waals surface area contributed by atoms with E-state index in [1.807, 2.05) is 0 Å². The average Bonchev–Trinajstić information content (AvgIpc) is 3.43. The van der Waals surface area contributed by atoms with E-state index in [-0.39, 0.29) is 98.0 Å². The molecule has 0 saturated carbocycles. The molecule has 0 bridgehead atoms. The summed E-state index contributed by atoms with van der Waals surface area (Å²) in [6.45, 7) is 0. The van der Waals surface area contributed by atoms with Crippen LogP contribution in [-0.4, -0.2) is 76.5 Å². The molecular weight excluding hydrogens is 1030 g/mol. The molecule has 2 aliphatic heterocycles. The summed E-state index contributed by atoms with van der Waals surface area (Å²) in [5.41, 5.74) is 10.8. The van der Waals surface area contributed by atoms with Gasteiger partial charge in [-0.05, 0) is 108 Å². The molecule has 0 saturated heterocycles. The van der Waals surface area contributed by atoms with E-state index in [4.69, 9.17) is 9.47 Å². The smallest absolute Gasteiger partial charge is 0.271 e. The Kier molecular flexibility index (Phi) is 16.5. The molecule has 2 unspecified atom stereocenters. The fourth-order valence-electron chi connectivity index (χ4n) is 8.08. The minimum Gasteiger partial charge on any atom is -0.508 e. The van der Waals surface area contributed by atoms with Crippen LogP contribution in [0.3, 0.4) is 0 Å². The van der Waals surface area contributed by atoms with Crippen LogP contribution in [-0.2, 0) is 16.5 Å². The standard InChI is InChI=1S/2C29H23N3O6.Ni/c2*33-21-11-7-17(8-12-21)26-15-23(28-25(36)13-22(34)14-27(28)38-26)31-32-29(37)18-5-9-20(10-6-18)30-16-19-3-1-2-4-24(19)35;/h2*1-14,16,26,33-36H,15H2,(H,32,37);/b2*30-16?,31-23+;.